The van der Waals surface area contributed by atoms with Gasteiger partial charge in [-0.25, -0.2) is 9.89 Å². The largest absolute Gasteiger partial charge is 0.451 e. The van der Waals surface area contributed by atoms with Crippen molar-refractivity contribution in [3.8, 4) is 0 Å². The van der Waals surface area contributed by atoms with Crippen molar-refractivity contribution >= 4 is 22.6 Å². The number of aromatic amines is 1. The van der Waals surface area contributed by atoms with E-state index in [4.69, 9.17) is 4.74 Å². The number of benzene rings is 1. The molecule has 0 unspecified atom stereocenters. The lowest BCUT2D eigenvalue weighted by Crippen LogP contribution is -2.44. The molecule has 0 aliphatic rings. The van der Waals surface area contributed by atoms with Crippen LogP contribution in [0.15, 0.2) is 29.1 Å². The van der Waals surface area contributed by atoms with Crippen molar-refractivity contribution in [2.24, 2.45) is 0 Å². The van der Waals surface area contributed by atoms with Crippen LogP contribution in [0.1, 0.15) is 37.7 Å². The molecule has 0 radical (unpaired) electrons. The van der Waals surface area contributed by atoms with Gasteiger partial charge in [0.05, 0.1) is 5.39 Å². The van der Waals surface area contributed by atoms with Crippen LogP contribution in [0.3, 0.4) is 0 Å². The molecule has 0 atom stereocenters. The van der Waals surface area contributed by atoms with Crippen molar-refractivity contribution in [1.82, 2.24) is 15.5 Å². The number of amides is 1. The molecule has 0 fully saturated rings. The molecule has 0 saturated carbocycles. The van der Waals surface area contributed by atoms with Gasteiger partial charge in [-0.05, 0) is 26.3 Å². The van der Waals surface area contributed by atoms with E-state index in [1.165, 1.54) is 0 Å². The molecular weight excluding hydrogens is 298 g/mol. The smallest absolute Gasteiger partial charge is 0.359 e. The first-order chi connectivity index (χ1) is 10.8. The average Bonchev–Trinajstić information content (AvgIpc) is 2.53. The van der Waals surface area contributed by atoms with E-state index >= 15 is 0 Å². The highest BCUT2D eigenvalue weighted by molar-refractivity contribution is 6.02. The van der Waals surface area contributed by atoms with Gasteiger partial charge in [0.1, 0.15) is 0 Å². The third-order valence-electron chi connectivity index (χ3n) is 3.59. The normalized spacial score (nSPS) is 11.3. The van der Waals surface area contributed by atoms with Crippen molar-refractivity contribution in [3.63, 3.8) is 0 Å². The maximum absolute atomic E-state index is 12.1. The van der Waals surface area contributed by atoms with E-state index in [9.17, 15) is 14.4 Å². The molecule has 1 heterocycles. The van der Waals surface area contributed by atoms with Crippen LogP contribution in [0.25, 0.3) is 10.8 Å². The third-order valence-corrected chi connectivity index (χ3v) is 3.59. The molecule has 0 bridgehead atoms. The molecule has 7 nitrogen and oxygen atoms in total. The Balaban J connectivity index is 2.12. The summed E-state index contributed by atoms with van der Waals surface area (Å²) in [6.45, 7) is 5.30. The summed E-state index contributed by atoms with van der Waals surface area (Å²) in [5.41, 5.74) is -0.783. The zero-order chi connectivity index (χ0) is 17.0. The van der Waals surface area contributed by atoms with Crippen LogP contribution in [0.2, 0.25) is 0 Å². The standard InChI is InChI=1S/C16H19N3O4/c1-4-16(2,3)17-12(20)9-23-15(22)13-10-7-5-6-8-11(10)14(21)19-18-13/h5-8H,4,9H2,1-3H3,(H,17,20)(H,19,21). The molecule has 1 amide bonds. The third kappa shape index (κ3) is 3.94. The Morgan fingerprint density at radius 2 is 1.91 bits per heavy atom. The predicted molar refractivity (Wildman–Crippen MR) is 85.2 cm³/mol. The molecular formula is C16H19N3O4. The summed E-state index contributed by atoms with van der Waals surface area (Å²) < 4.78 is 4.99. The highest BCUT2D eigenvalue weighted by Gasteiger charge is 2.20. The van der Waals surface area contributed by atoms with Crippen molar-refractivity contribution in [2.75, 3.05) is 6.61 Å². The minimum Gasteiger partial charge on any atom is -0.451 e. The minimum absolute atomic E-state index is 0.0252. The van der Waals surface area contributed by atoms with E-state index in [1.54, 1.807) is 24.3 Å². The Labute approximate surface area is 133 Å². The molecule has 0 aliphatic heterocycles. The molecule has 23 heavy (non-hydrogen) atoms. The van der Waals surface area contributed by atoms with Crippen LogP contribution in [0.5, 0.6) is 0 Å². The van der Waals surface area contributed by atoms with Gasteiger partial charge < -0.3 is 10.1 Å². The monoisotopic (exact) mass is 317 g/mol. The first-order valence-electron chi connectivity index (χ1n) is 7.29. The Bertz CT molecular complexity index is 795. The number of rotatable bonds is 5. The minimum atomic E-state index is -0.762. The summed E-state index contributed by atoms with van der Waals surface area (Å²) in [6.07, 6.45) is 0.749. The molecule has 122 valence electrons. The second-order valence-electron chi connectivity index (χ2n) is 5.81. The maximum atomic E-state index is 12.1. The summed E-state index contributed by atoms with van der Waals surface area (Å²) in [4.78, 5) is 35.6. The number of hydrogen-bond donors (Lipinski definition) is 2. The average molecular weight is 317 g/mol. The SMILES string of the molecule is CCC(C)(C)NC(=O)COC(=O)c1n[nH]c(=O)c2ccccc12. The molecule has 7 heteroatoms. The molecule has 0 aliphatic carbocycles. The fourth-order valence-corrected chi connectivity index (χ4v) is 1.97. The lowest BCUT2D eigenvalue weighted by Gasteiger charge is -2.24. The number of hydrogen-bond acceptors (Lipinski definition) is 5. The van der Waals surface area contributed by atoms with Gasteiger partial charge in [0.15, 0.2) is 12.3 Å². The predicted octanol–water partition coefficient (Wildman–Crippen LogP) is 1.38. The summed E-state index contributed by atoms with van der Waals surface area (Å²) in [6, 6.07) is 6.57. The number of H-pyrrole nitrogens is 1. The van der Waals surface area contributed by atoms with Gasteiger partial charge in [0.2, 0.25) is 0 Å². The number of carbonyl (C=O) groups excluding carboxylic acids is 2. The number of nitrogens with one attached hydrogen (secondary N) is 2. The topological polar surface area (TPSA) is 101 Å². The van der Waals surface area contributed by atoms with E-state index in [1.807, 2.05) is 20.8 Å². The Morgan fingerprint density at radius 3 is 2.57 bits per heavy atom. The van der Waals surface area contributed by atoms with Crippen LogP contribution in [-0.4, -0.2) is 34.2 Å². The quantitative estimate of drug-likeness (QED) is 0.811. The van der Waals surface area contributed by atoms with Crippen LogP contribution < -0.4 is 10.9 Å². The second kappa shape index (κ2) is 6.60. The summed E-state index contributed by atoms with van der Waals surface area (Å²) >= 11 is 0. The lowest BCUT2D eigenvalue weighted by molar-refractivity contribution is -0.125. The van der Waals surface area contributed by atoms with E-state index in [0.717, 1.165) is 6.42 Å². The van der Waals surface area contributed by atoms with E-state index in [2.05, 4.69) is 15.5 Å². The lowest BCUT2D eigenvalue weighted by atomic mass is 10.0. The van der Waals surface area contributed by atoms with E-state index < -0.39 is 12.6 Å². The van der Waals surface area contributed by atoms with E-state index in [-0.39, 0.29) is 22.7 Å². The van der Waals surface area contributed by atoms with Crippen molar-refractivity contribution < 1.29 is 14.3 Å². The zero-order valence-electron chi connectivity index (χ0n) is 13.3. The van der Waals surface area contributed by atoms with Crippen molar-refractivity contribution in [2.45, 2.75) is 32.7 Å². The maximum Gasteiger partial charge on any atom is 0.359 e. The van der Waals surface area contributed by atoms with Gasteiger partial charge in [0.25, 0.3) is 11.5 Å². The first kappa shape index (κ1) is 16.7. The van der Waals surface area contributed by atoms with Gasteiger partial charge in [-0.3, -0.25) is 9.59 Å². The van der Waals surface area contributed by atoms with Gasteiger partial charge in [-0.15, -0.1) is 0 Å². The molecule has 2 N–H and O–H groups in total. The zero-order valence-corrected chi connectivity index (χ0v) is 13.3. The number of esters is 1. The fourth-order valence-electron chi connectivity index (χ4n) is 1.97. The summed E-state index contributed by atoms with van der Waals surface area (Å²) in [7, 11) is 0. The number of nitrogens with zero attached hydrogens (tertiary/aromatic N) is 1. The van der Waals surface area contributed by atoms with Gasteiger partial charge >= 0.3 is 5.97 Å². The van der Waals surface area contributed by atoms with Crippen molar-refractivity contribution in [1.29, 1.82) is 0 Å². The summed E-state index contributed by atoms with van der Waals surface area (Å²) in [5, 5.41) is 9.47. The van der Waals surface area contributed by atoms with Crippen LogP contribution in [0, 0.1) is 0 Å². The second-order valence-corrected chi connectivity index (χ2v) is 5.81. The molecule has 2 aromatic rings. The Morgan fingerprint density at radius 1 is 1.26 bits per heavy atom. The Kier molecular flexibility index (Phi) is 4.78. The molecule has 1 aromatic carbocycles. The number of aromatic nitrogens is 2. The highest BCUT2D eigenvalue weighted by atomic mass is 16.5. The van der Waals surface area contributed by atoms with Crippen LogP contribution >= 0.6 is 0 Å². The Hall–Kier alpha value is -2.70. The number of carbonyl (C=O) groups is 2. The van der Waals surface area contributed by atoms with Crippen molar-refractivity contribution in [3.05, 3.63) is 40.3 Å². The highest BCUT2D eigenvalue weighted by Crippen LogP contribution is 2.13. The number of fused-ring (bicyclic) bond motifs is 1. The summed E-state index contributed by atoms with van der Waals surface area (Å²) in [5.74, 6) is -1.15. The van der Waals surface area contributed by atoms with Gasteiger partial charge in [-0.1, -0.05) is 25.1 Å². The van der Waals surface area contributed by atoms with Gasteiger partial charge in [0, 0.05) is 10.9 Å². The number of ether oxygens (including phenoxy) is 1. The molecule has 1 aromatic heterocycles. The van der Waals surface area contributed by atoms with Crippen LogP contribution in [-0.2, 0) is 9.53 Å². The van der Waals surface area contributed by atoms with Crippen LogP contribution in [0.4, 0.5) is 0 Å². The molecule has 0 spiro atoms. The van der Waals surface area contributed by atoms with E-state index in [0.29, 0.717) is 10.8 Å². The molecule has 2 rings (SSSR count). The fraction of sp³-hybridized carbons (Fsp3) is 0.375. The molecule has 0 saturated heterocycles. The van der Waals surface area contributed by atoms with Gasteiger partial charge in [-0.2, -0.15) is 5.10 Å². The first-order valence-corrected chi connectivity index (χ1v) is 7.29.